The van der Waals surface area contributed by atoms with Crippen molar-refractivity contribution in [3.05, 3.63) is 40.7 Å². The Morgan fingerprint density at radius 2 is 1.57 bits per heavy atom. The molecule has 0 bridgehead atoms. The SMILES string of the molecule is CC(C)(O)c1cc(Cl)c(-c2cnc(C(C)(C)O)c(N)c2)cc1N. The molecule has 2 aromatic rings. The Bertz CT molecular complexity index is 747. The molecule has 0 spiro atoms. The minimum absolute atomic E-state index is 0.371. The number of aliphatic hydroxyl groups is 2. The second kappa shape index (κ2) is 5.67. The molecule has 23 heavy (non-hydrogen) atoms. The van der Waals surface area contributed by atoms with E-state index < -0.39 is 11.2 Å². The smallest absolute Gasteiger partial charge is 0.103 e. The summed E-state index contributed by atoms with van der Waals surface area (Å²) in [6.45, 7) is 6.53. The van der Waals surface area contributed by atoms with Gasteiger partial charge in [-0.25, -0.2) is 0 Å². The molecule has 0 radical (unpaired) electrons. The molecule has 2 rings (SSSR count). The van der Waals surface area contributed by atoms with Gasteiger partial charge in [0.1, 0.15) is 5.60 Å². The number of rotatable bonds is 3. The molecule has 0 unspecified atom stereocenters. The van der Waals surface area contributed by atoms with Crippen LogP contribution in [-0.2, 0) is 11.2 Å². The lowest BCUT2D eigenvalue weighted by molar-refractivity contribution is 0.0747. The number of aromatic nitrogens is 1. The summed E-state index contributed by atoms with van der Waals surface area (Å²) in [5.41, 5.74) is 12.9. The number of hydrogen-bond acceptors (Lipinski definition) is 5. The van der Waals surface area contributed by atoms with Crippen LogP contribution >= 0.6 is 11.6 Å². The van der Waals surface area contributed by atoms with E-state index in [-0.39, 0.29) is 0 Å². The van der Waals surface area contributed by atoms with E-state index >= 15 is 0 Å². The van der Waals surface area contributed by atoms with Gasteiger partial charge in [0.2, 0.25) is 0 Å². The van der Waals surface area contributed by atoms with Crippen molar-refractivity contribution < 1.29 is 10.2 Å². The summed E-state index contributed by atoms with van der Waals surface area (Å²) in [5.74, 6) is 0. The predicted molar refractivity (Wildman–Crippen MR) is 94.0 cm³/mol. The van der Waals surface area contributed by atoms with Gasteiger partial charge in [-0.2, -0.15) is 0 Å². The zero-order valence-electron chi connectivity index (χ0n) is 13.7. The van der Waals surface area contributed by atoms with Crippen molar-refractivity contribution in [3.63, 3.8) is 0 Å². The highest BCUT2D eigenvalue weighted by Gasteiger charge is 2.23. The largest absolute Gasteiger partial charge is 0.398 e. The molecule has 124 valence electrons. The molecule has 0 aliphatic rings. The second-order valence-electron chi connectivity index (χ2n) is 6.70. The van der Waals surface area contributed by atoms with Crippen LogP contribution in [0.25, 0.3) is 11.1 Å². The van der Waals surface area contributed by atoms with Crippen LogP contribution in [0.3, 0.4) is 0 Å². The number of anilines is 2. The molecule has 0 atom stereocenters. The van der Waals surface area contributed by atoms with Crippen LogP contribution in [0, 0.1) is 0 Å². The lowest BCUT2D eigenvalue weighted by Crippen LogP contribution is -2.19. The van der Waals surface area contributed by atoms with Crippen molar-refractivity contribution in [1.82, 2.24) is 4.98 Å². The second-order valence-corrected chi connectivity index (χ2v) is 7.11. The van der Waals surface area contributed by atoms with Gasteiger partial charge in [-0.3, -0.25) is 4.98 Å². The third-order valence-electron chi connectivity index (χ3n) is 3.61. The van der Waals surface area contributed by atoms with Crippen LogP contribution in [0.4, 0.5) is 11.4 Å². The molecule has 1 aromatic carbocycles. The maximum atomic E-state index is 10.1. The minimum atomic E-state index is -1.13. The van der Waals surface area contributed by atoms with Gasteiger partial charge >= 0.3 is 0 Å². The number of nitrogens with two attached hydrogens (primary N) is 2. The summed E-state index contributed by atoms with van der Waals surface area (Å²) < 4.78 is 0. The summed E-state index contributed by atoms with van der Waals surface area (Å²) in [6, 6.07) is 5.03. The lowest BCUT2D eigenvalue weighted by Gasteiger charge is -2.22. The number of nitrogens with zero attached hydrogens (tertiary/aromatic N) is 1. The van der Waals surface area contributed by atoms with Crippen molar-refractivity contribution in [2.75, 3.05) is 11.5 Å². The van der Waals surface area contributed by atoms with Crippen LogP contribution in [0.15, 0.2) is 24.4 Å². The van der Waals surface area contributed by atoms with Gasteiger partial charge in [-0.1, -0.05) is 11.6 Å². The maximum Gasteiger partial charge on any atom is 0.103 e. The standard InChI is InChI=1S/C17H22ClN3O2/c1-16(2,22)11-7-12(18)10(6-13(11)19)9-5-14(20)15(21-8-9)17(3,4)23/h5-8,22-23H,19-20H2,1-4H3. The highest BCUT2D eigenvalue weighted by atomic mass is 35.5. The highest BCUT2D eigenvalue weighted by Crippen LogP contribution is 2.37. The first-order chi connectivity index (χ1) is 10.4. The Morgan fingerprint density at radius 3 is 2.04 bits per heavy atom. The fraction of sp³-hybridized carbons (Fsp3) is 0.353. The topological polar surface area (TPSA) is 105 Å². The third-order valence-corrected chi connectivity index (χ3v) is 3.92. The van der Waals surface area contributed by atoms with E-state index in [2.05, 4.69) is 4.98 Å². The van der Waals surface area contributed by atoms with Gasteiger partial charge < -0.3 is 21.7 Å². The van der Waals surface area contributed by atoms with Crippen LogP contribution in [0.2, 0.25) is 5.02 Å². The van der Waals surface area contributed by atoms with Crippen molar-refractivity contribution in [3.8, 4) is 11.1 Å². The average Bonchev–Trinajstić information content (AvgIpc) is 2.38. The summed E-state index contributed by atoms with van der Waals surface area (Å²) in [6.07, 6.45) is 1.59. The molecule has 0 fully saturated rings. The van der Waals surface area contributed by atoms with Crippen molar-refractivity contribution in [1.29, 1.82) is 0 Å². The molecule has 0 saturated carbocycles. The predicted octanol–water partition coefficient (Wildman–Crippen LogP) is 3.02. The first-order valence-electron chi connectivity index (χ1n) is 7.22. The van der Waals surface area contributed by atoms with Gasteiger partial charge in [0.05, 0.1) is 17.0 Å². The Labute approximate surface area is 140 Å². The molecule has 0 aliphatic carbocycles. The molecular formula is C17H22ClN3O2. The Morgan fingerprint density at radius 1 is 0.957 bits per heavy atom. The number of hydrogen-bond donors (Lipinski definition) is 4. The van der Waals surface area contributed by atoms with E-state index in [0.717, 1.165) is 0 Å². The number of halogens is 1. The molecule has 6 heteroatoms. The Balaban J connectivity index is 2.56. The van der Waals surface area contributed by atoms with E-state index in [1.165, 1.54) is 0 Å². The van der Waals surface area contributed by atoms with Crippen LogP contribution < -0.4 is 11.5 Å². The van der Waals surface area contributed by atoms with E-state index in [4.69, 9.17) is 23.1 Å². The van der Waals surface area contributed by atoms with Gasteiger partial charge in [-0.15, -0.1) is 0 Å². The fourth-order valence-corrected chi connectivity index (χ4v) is 2.75. The molecule has 1 heterocycles. The highest BCUT2D eigenvalue weighted by molar-refractivity contribution is 6.33. The Hall–Kier alpha value is -1.82. The lowest BCUT2D eigenvalue weighted by atomic mass is 9.93. The van der Waals surface area contributed by atoms with Crippen molar-refractivity contribution in [2.24, 2.45) is 0 Å². The fourth-order valence-electron chi connectivity index (χ4n) is 2.48. The number of nitrogen functional groups attached to an aromatic ring is 2. The van der Waals surface area contributed by atoms with Gasteiger partial charge in [0.15, 0.2) is 0 Å². The number of pyridine rings is 1. The maximum absolute atomic E-state index is 10.1. The molecule has 0 amide bonds. The normalized spacial score (nSPS) is 12.5. The first kappa shape index (κ1) is 17.5. The summed E-state index contributed by atoms with van der Waals surface area (Å²) in [5, 5.41) is 20.6. The van der Waals surface area contributed by atoms with Gasteiger partial charge in [-0.05, 0) is 45.9 Å². The molecular weight excluding hydrogens is 314 g/mol. The summed E-state index contributed by atoms with van der Waals surface area (Å²) >= 11 is 6.34. The van der Waals surface area contributed by atoms with E-state index in [1.807, 2.05) is 0 Å². The minimum Gasteiger partial charge on any atom is -0.398 e. The Kier molecular flexibility index (Phi) is 4.32. The molecule has 1 aromatic heterocycles. The van der Waals surface area contributed by atoms with Crippen LogP contribution in [0.1, 0.15) is 39.0 Å². The first-order valence-corrected chi connectivity index (χ1v) is 7.59. The van der Waals surface area contributed by atoms with E-state index in [9.17, 15) is 10.2 Å². The van der Waals surface area contributed by atoms with Gasteiger partial charge in [0.25, 0.3) is 0 Å². The van der Waals surface area contributed by atoms with E-state index in [0.29, 0.717) is 38.8 Å². The zero-order chi connectivity index (χ0) is 17.6. The molecule has 5 nitrogen and oxygen atoms in total. The average molecular weight is 336 g/mol. The molecule has 0 aliphatic heterocycles. The van der Waals surface area contributed by atoms with E-state index in [1.54, 1.807) is 52.1 Å². The molecule has 6 N–H and O–H groups in total. The zero-order valence-corrected chi connectivity index (χ0v) is 14.4. The van der Waals surface area contributed by atoms with Crippen LogP contribution in [0.5, 0.6) is 0 Å². The molecule has 0 saturated heterocycles. The summed E-state index contributed by atoms with van der Waals surface area (Å²) in [4.78, 5) is 4.24. The quantitative estimate of drug-likeness (QED) is 0.645. The third kappa shape index (κ3) is 3.58. The number of benzene rings is 1. The van der Waals surface area contributed by atoms with Crippen LogP contribution in [-0.4, -0.2) is 15.2 Å². The van der Waals surface area contributed by atoms with Crippen molar-refractivity contribution >= 4 is 23.0 Å². The summed E-state index contributed by atoms with van der Waals surface area (Å²) in [7, 11) is 0. The van der Waals surface area contributed by atoms with Gasteiger partial charge in [0, 0.05) is 33.6 Å². The van der Waals surface area contributed by atoms with Crippen molar-refractivity contribution in [2.45, 2.75) is 38.9 Å². The monoisotopic (exact) mass is 335 g/mol.